The lowest BCUT2D eigenvalue weighted by Gasteiger charge is -2.28. The number of carbonyl (C=O) groups excluding carboxylic acids is 2. The summed E-state index contributed by atoms with van der Waals surface area (Å²) >= 11 is 7.41. The van der Waals surface area contributed by atoms with E-state index in [1.165, 1.54) is 16.7 Å². The van der Waals surface area contributed by atoms with Gasteiger partial charge in [0, 0.05) is 16.1 Å². The number of benzene rings is 1. The van der Waals surface area contributed by atoms with Crippen molar-refractivity contribution in [2.45, 2.75) is 4.90 Å². The zero-order valence-electron chi connectivity index (χ0n) is 13.8. The largest absolute Gasteiger partial charge is 0.306 e. The number of aromatic nitrogens is 4. The molecular weight excluding hydrogens is 388 g/mol. The molecule has 2 N–H and O–H groups in total. The molecule has 136 valence electrons. The number of pyridine rings is 1. The Labute approximate surface area is 163 Å². The van der Waals surface area contributed by atoms with Gasteiger partial charge in [0.15, 0.2) is 5.82 Å². The molecule has 1 aliphatic heterocycles. The van der Waals surface area contributed by atoms with E-state index in [-0.39, 0.29) is 30.1 Å². The summed E-state index contributed by atoms with van der Waals surface area (Å²) in [5.74, 6) is 0.357. The van der Waals surface area contributed by atoms with Gasteiger partial charge in [-0.25, -0.2) is 0 Å². The molecule has 0 aliphatic carbocycles. The fourth-order valence-corrected chi connectivity index (χ4v) is 3.81. The summed E-state index contributed by atoms with van der Waals surface area (Å²) in [5, 5.41) is 11.1. The smallest absolute Gasteiger partial charge is 0.246 e. The predicted octanol–water partition coefficient (Wildman–Crippen LogP) is 2.60. The van der Waals surface area contributed by atoms with Gasteiger partial charge in [-0.2, -0.15) is 0 Å². The Bertz CT molecular complexity index is 1010. The molecule has 0 unspecified atom stereocenters. The Balaban J connectivity index is 1.47. The number of H-pyrrole nitrogens is 1. The van der Waals surface area contributed by atoms with Gasteiger partial charge in [-0.3, -0.25) is 19.9 Å². The maximum absolute atomic E-state index is 12.4. The number of carbonyl (C=O) groups is 2. The van der Waals surface area contributed by atoms with Crippen LogP contribution in [0.3, 0.4) is 0 Å². The number of amides is 2. The Hall–Kier alpha value is -2.91. The minimum Gasteiger partial charge on any atom is -0.306 e. The van der Waals surface area contributed by atoms with Crippen LogP contribution in [0.15, 0.2) is 47.5 Å². The molecule has 10 heteroatoms. The van der Waals surface area contributed by atoms with E-state index in [0.717, 1.165) is 4.90 Å². The van der Waals surface area contributed by atoms with Gasteiger partial charge in [0.1, 0.15) is 12.2 Å². The van der Waals surface area contributed by atoms with Crippen LogP contribution in [0.4, 0.5) is 11.6 Å². The Morgan fingerprint density at radius 2 is 2.19 bits per heavy atom. The van der Waals surface area contributed by atoms with Crippen LogP contribution in [0.5, 0.6) is 0 Å². The fraction of sp³-hybridized carbons (Fsp3) is 0.118. The Morgan fingerprint density at radius 3 is 3.00 bits per heavy atom. The van der Waals surface area contributed by atoms with Gasteiger partial charge >= 0.3 is 0 Å². The third-order valence-corrected chi connectivity index (χ3v) is 5.08. The lowest BCUT2D eigenvalue weighted by Crippen LogP contribution is -2.41. The summed E-state index contributed by atoms with van der Waals surface area (Å²) in [7, 11) is 0. The molecule has 0 saturated carbocycles. The maximum atomic E-state index is 12.4. The van der Waals surface area contributed by atoms with E-state index in [0.29, 0.717) is 22.2 Å². The molecule has 0 radical (unpaired) electrons. The lowest BCUT2D eigenvalue weighted by molar-refractivity contribution is -0.120. The summed E-state index contributed by atoms with van der Waals surface area (Å²) < 4.78 is 0. The number of nitrogens with one attached hydrogen (secondary N) is 2. The highest BCUT2D eigenvalue weighted by Gasteiger charge is 2.27. The van der Waals surface area contributed by atoms with Crippen molar-refractivity contribution in [2.24, 2.45) is 0 Å². The highest BCUT2D eigenvalue weighted by Crippen LogP contribution is 2.36. The zero-order valence-corrected chi connectivity index (χ0v) is 15.4. The van der Waals surface area contributed by atoms with Crippen LogP contribution in [0, 0.1) is 0 Å². The van der Waals surface area contributed by atoms with Crippen molar-refractivity contribution in [2.75, 3.05) is 22.5 Å². The molecular formula is C17H13ClN6O2S. The highest BCUT2D eigenvalue weighted by molar-refractivity contribution is 8.00. The second-order valence-electron chi connectivity index (χ2n) is 5.67. The predicted molar refractivity (Wildman–Crippen MR) is 103 cm³/mol. The van der Waals surface area contributed by atoms with Crippen LogP contribution < -0.4 is 10.2 Å². The summed E-state index contributed by atoms with van der Waals surface area (Å²) in [6, 6.07) is 10.6. The van der Waals surface area contributed by atoms with Gasteiger partial charge in [-0.1, -0.05) is 17.7 Å². The molecule has 3 heterocycles. The molecule has 2 amide bonds. The average Bonchev–Trinajstić information content (AvgIpc) is 3.13. The summed E-state index contributed by atoms with van der Waals surface area (Å²) in [4.78, 5) is 34.0. The first-order valence-electron chi connectivity index (χ1n) is 7.97. The van der Waals surface area contributed by atoms with Crippen molar-refractivity contribution in [3.63, 3.8) is 0 Å². The van der Waals surface area contributed by atoms with Crippen molar-refractivity contribution in [1.82, 2.24) is 20.2 Å². The molecule has 2 aromatic heterocycles. The van der Waals surface area contributed by atoms with E-state index < -0.39 is 0 Å². The van der Waals surface area contributed by atoms with Crippen LogP contribution in [0.2, 0.25) is 5.02 Å². The number of rotatable bonds is 4. The first-order chi connectivity index (χ1) is 13.1. The molecule has 0 fully saturated rings. The van der Waals surface area contributed by atoms with Crippen LogP contribution in [0.1, 0.15) is 0 Å². The van der Waals surface area contributed by atoms with Crippen molar-refractivity contribution in [3.8, 4) is 11.5 Å². The number of hydrogen-bond acceptors (Lipinski definition) is 6. The van der Waals surface area contributed by atoms with E-state index in [1.54, 1.807) is 36.5 Å². The van der Waals surface area contributed by atoms with Crippen LogP contribution >= 0.6 is 23.4 Å². The van der Waals surface area contributed by atoms with Crippen molar-refractivity contribution < 1.29 is 9.59 Å². The van der Waals surface area contributed by atoms with Gasteiger partial charge in [0.05, 0.1) is 11.4 Å². The molecule has 3 aromatic rings. The van der Waals surface area contributed by atoms with Gasteiger partial charge in [0.25, 0.3) is 0 Å². The van der Waals surface area contributed by atoms with Crippen molar-refractivity contribution in [1.29, 1.82) is 0 Å². The number of hydrogen-bond donors (Lipinski definition) is 2. The Morgan fingerprint density at radius 1 is 1.30 bits per heavy atom. The van der Waals surface area contributed by atoms with E-state index in [4.69, 9.17) is 11.6 Å². The van der Waals surface area contributed by atoms with E-state index in [2.05, 4.69) is 25.5 Å². The second-order valence-corrected chi connectivity index (χ2v) is 7.12. The molecule has 0 spiro atoms. The number of fused-ring (bicyclic) bond motifs is 1. The third kappa shape index (κ3) is 3.79. The molecule has 0 atom stereocenters. The number of aromatic amines is 1. The van der Waals surface area contributed by atoms with Gasteiger partial charge in [-0.15, -0.1) is 22.0 Å². The third-order valence-electron chi connectivity index (χ3n) is 3.82. The second kappa shape index (κ2) is 7.37. The standard InChI is InChI=1S/C17H13ClN6O2S/c18-10-4-5-12-13(7-10)27-9-15(26)24(12)8-14(25)20-17-21-16(22-23-17)11-3-1-2-6-19-11/h1-7H,8-9H2,(H2,20,21,22,23,25). The number of thioether (sulfide) groups is 1. The zero-order chi connectivity index (χ0) is 18.8. The highest BCUT2D eigenvalue weighted by atomic mass is 35.5. The molecule has 4 rings (SSSR count). The topological polar surface area (TPSA) is 104 Å². The van der Waals surface area contributed by atoms with Crippen molar-refractivity contribution >= 4 is 46.8 Å². The molecule has 1 aromatic carbocycles. The fourth-order valence-electron chi connectivity index (χ4n) is 2.60. The first-order valence-corrected chi connectivity index (χ1v) is 9.33. The molecule has 1 aliphatic rings. The Kier molecular flexibility index (Phi) is 4.78. The van der Waals surface area contributed by atoms with E-state index >= 15 is 0 Å². The van der Waals surface area contributed by atoms with Crippen molar-refractivity contribution in [3.05, 3.63) is 47.6 Å². The molecule has 27 heavy (non-hydrogen) atoms. The normalized spacial score (nSPS) is 13.4. The average molecular weight is 401 g/mol. The molecule has 8 nitrogen and oxygen atoms in total. The number of halogens is 1. The van der Waals surface area contributed by atoms with Crippen LogP contribution in [0.25, 0.3) is 11.5 Å². The van der Waals surface area contributed by atoms with Crippen LogP contribution in [-0.2, 0) is 9.59 Å². The van der Waals surface area contributed by atoms with Gasteiger partial charge < -0.3 is 9.88 Å². The monoisotopic (exact) mass is 400 g/mol. The number of nitrogens with zero attached hydrogens (tertiary/aromatic N) is 4. The minimum absolute atomic E-state index is 0.131. The minimum atomic E-state index is -0.389. The summed E-state index contributed by atoms with van der Waals surface area (Å²) in [6.45, 7) is -0.131. The SMILES string of the molecule is O=C(CN1C(=O)CSc2cc(Cl)ccc21)Nc1nnc(-c2ccccn2)[nH]1. The van der Waals surface area contributed by atoms with E-state index in [9.17, 15) is 9.59 Å². The lowest BCUT2D eigenvalue weighted by atomic mass is 10.2. The number of anilines is 2. The van der Waals surface area contributed by atoms with Gasteiger partial charge in [0.2, 0.25) is 17.8 Å². The molecule has 0 saturated heterocycles. The maximum Gasteiger partial charge on any atom is 0.246 e. The molecule has 0 bridgehead atoms. The summed E-state index contributed by atoms with van der Waals surface area (Å²) in [6.07, 6.45) is 1.64. The van der Waals surface area contributed by atoms with Crippen LogP contribution in [-0.4, -0.2) is 44.3 Å². The van der Waals surface area contributed by atoms with E-state index in [1.807, 2.05) is 6.07 Å². The van der Waals surface area contributed by atoms with Gasteiger partial charge in [-0.05, 0) is 30.3 Å². The quantitative estimate of drug-likeness (QED) is 0.697. The summed E-state index contributed by atoms with van der Waals surface area (Å²) in [5.41, 5.74) is 1.28. The first kappa shape index (κ1) is 17.5.